The summed E-state index contributed by atoms with van der Waals surface area (Å²) in [7, 11) is 3.97. The molecule has 0 unspecified atom stereocenters. The van der Waals surface area contributed by atoms with Crippen LogP contribution in [0.4, 0.5) is 26.6 Å². The molecule has 1 aliphatic rings. The summed E-state index contributed by atoms with van der Waals surface area (Å²) in [5.74, 6) is 1.60. The Morgan fingerprint density at radius 3 is 2.59 bits per heavy atom. The number of fused-ring (bicyclic) bond motifs is 1. The van der Waals surface area contributed by atoms with Crippen LogP contribution in [0.3, 0.4) is 0 Å². The lowest BCUT2D eigenvalue weighted by molar-refractivity contribution is 0.246. The van der Waals surface area contributed by atoms with Crippen LogP contribution >= 0.6 is 0 Å². The van der Waals surface area contributed by atoms with E-state index in [0.717, 1.165) is 42.4 Å². The van der Waals surface area contributed by atoms with Gasteiger partial charge in [-0.25, -0.2) is 14.2 Å². The fourth-order valence-corrected chi connectivity index (χ4v) is 4.14. The third-order valence-electron chi connectivity index (χ3n) is 5.82. The molecule has 4 rings (SSSR count). The summed E-state index contributed by atoms with van der Waals surface area (Å²) in [5, 5.41) is 10.1. The maximum absolute atomic E-state index is 13.2. The van der Waals surface area contributed by atoms with Gasteiger partial charge in [0.15, 0.2) is 0 Å². The number of hydrogen-bond donors (Lipinski definition) is 3. The first-order valence-corrected chi connectivity index (χ1v) is 11.0. The second-order valence-electron chi connectivity index (χ2n) is 8.49. The van der Waals surface area contributed by atoms with Crippen LogP contribution in [-0.2, 0) is 0 Å². The zero-order chi connectivity index (χ0) is 22.5. The highest BCUT2D eigenvalue weighted by molar-refractivity contribution is 5.90. The molecule has 7 nitrogen and oxygen atoms in total. The van der Waals surface area contributed by atoms with Crippen molar-refractivity contribution in [3.8, 4) is 0 Å². The van der Waals surface area contributed by atoms with E-state index in [1.165, 1.54) is 12.1 Å². The van der Waals surface area contributed by atoms with Gasteiger partial charge in [-0.1, -0.05) is 18.2 Å². The van der Waals surface area contributed by atoms with Gasteiger partial charge in [-0.15, -0.1) is 0 Å². The highest BCUT2D eigenvalue weighted by Gasteiger charge is 2.22. The Morgan fingerprint density at radius 2 is 1.84 bits per heavy atom. The number of urea groups is 1. The molecule has 0 atom stereocenters. The van der Waals surface area contributed by atoms with Crippen LogP contribution in [0.1, 0.15) is 25.7 Å². The van der Waals surface area contributed by atoms with E-state index in [-0.39, 0.29) is 11.8 Å². The second kappa shape index (κ2) is 9.80. The van der Waals surface area contributed by atoms with Crippen molar-refractivity contribution in [3.05, 3.63) is 54.3 Å². The number of nitrogens with zero attached hydrogens (tertiary/aromatic N) is 3. The molecular weight excluding hydrogens is 407 g/mol. The molecular formula is C24H29FN6O. The molecule has 168 valence electrons. The number of carbonyl (C=O) groups excluding carboxylic acids is 1. The van der Waals surface area contributed by atoms with Gasteiger partial charge in [-0.2, -0.15) is 4.98 Å². The summed E-state index contributed by atoms with van der Waals surface area (Å²) < 4.78 is 13.2. The number of hydrogen-bond acceptors (Lipinski definition) is 5. The number of halogens is 1. The quantitative estimate of drug-likeness (QED) is 0.525. The first-order chi connectivity index (χ1) is 15.5. The summed E-state index contributed by atoms with van der Waals surface area (Å²) in [6, 6.07) is 13.9. The van der Waals surface area contributed by atoms with E-state index in [0.29, 0.717) is 30.1 Å². The van der Waals surface area contributed by atoms with Gasteiger partial charge in [0, 0.05) is 37.8 Å². The van der Waals surface area contributed by atoms with Crippen LogP contribution in [-0.4, -0.2) is 42.7 Å². The van der Waals surface area contributed by atoms with E-state index in [4.69, 9.17) is 9.97 Å². The Kier molecular flexibility index (Phi) is 6.68. The summed E-state index contributed by atoms with van der Waals surface area (Å²) in [4.78, 5) is 23.5. The molecule has 0 aliphatic heterocycles. The molecule has 2 amide bonds. The molecule has 1 saturated carbocycles. The van der Waals surface area contributed by atoms with Crippen LogP contribution in [0.25, 0.3) is 10.9 Å². The predicted molar refractivity (Wildman–Crippen MR) is 127 cm³/mol. The van der Waals surface area contributed by atoms with Crippen LogP contribution in [0.15, 0.2) is 48.5 Å². The molecule has 1 fully saturated rings. The average molecular weight is 437 g/mol. The third kappa shape index (κ3) is 5.43. The molecule has 8 heteroatoms. The largest absolute Gasteiger partial charge is 0.362 e. The highest BCUT2D eigenvalue weighted by Crippen LogP contribution is 2.28. The first-order valence-electron chi connectivity index (χ1n) is 11.0. The van der Waals surface area contributed by atoms with Crippen molar-refractivity contribution in [2.24, 2.45) is 5.92 Å². The Balaban J connectivity index is 1.27. The van der Waals surface area contributed by atoms with E-state index in [1.54, 1.807) is 12.1 Å². The Hall–Kier alpha value is -3.42. The topological polar surface area (TPSA) is 82.2 Å². The summed E-state index contributed by atoms with van der Waals surface area (Å²) in [6.45, 7) is 0.602. The minimum atomic E-state index is -0.373. The van der Waals surface area contributed by atoms with Gasteiger partial charge in [-0.3, -0.25) is 0 Å². The van der Waals surface area contributed by atoms with Crippen LogP contribution in [0.2, 0.25) is 0 Å². The van der Waals surface area contributed by atoms with Gasteiger partial charge in [0.2, 0.25) is 5.95 Å². The van der Waals surface area contributed by atoms with Crippen molar-refractivity contribution in [1.82, 2.24) is 15.3 Å². The second-order valence-corrected chi connectivity index (χ2v) is 8.49. The van der Waals surface area contributed by atoms with Crippen LogP contribution in [0, 0.1) is 11.7 Å². The highest BCUT2D eigenvalue weighted by atomic mass is 19.1. The smallest absolute Gasteiger partial charge is 0.319 e. The van der Waals surface area contributed by atoms with Crippen molar-refractivity contribution in [1.29, 1.82) is 0 Å². The van der Waals surface area contributed by atoms with Gasteiger partial charge >= 0.3 is 6.03 Å². The van der Waals surface area contributed by atoms with E-state index in [9.17, 15) is 9.18 Å². The molecule has 2 aromatic carbocycles. The maximum Gasteiger partial charge on any atom is 0.319 e. The van der Waals surface area contributed by atoms with Crippen molar-refractivity contribution in [2.45, 2.75) is 31.7 Å². The first kappa shape index (κ1) is 21.8. The number of carbonyl (C=O) groups is 1. The standard InChI is InChI=1S/C24H29FN6O/c1-31(2)22-20-8-3-4-9-21(20)29-23(30-22)27-18-12-10-16(11-13-18)15-26-24(32)28-19-7-5-6-17(25)14-19/h3-9,14,16,18H,10-13,15H2,1-2H3,(H2,26,28,32)(H,27,29,30)/t16-,18+. The monoisotopic (exact) mass is 436 g/mol. The molecule has 3 N–H and O–H groups in total. The van der Waals surface area contributed by atoms with Gasteiger partial charge in [0.1, 0.15) is 11.6 Å². The molecule has 32 heavy (non-hydrogen) atoms. The maximum atomic E-state index is 13.2. The molecule has 0 spiro atoms. The lowest BCUT2D eigenvalue weighted by Crippen LogP contribution is -2.36. The zero-order valence-corrected chi connectivity index (χ0v) is 18.4. The normalized spacial score (nSPS) is 18.2. The lowest BCUT2D eigenvalue weighted by Gasteiger charge is -2.29. The fourth-order valence-electron chi connectivity index (χ4n) is 4.14. The minimum absolute atomic E-state index is 0.309. The molecule has 0 bridgehead atoms. The predicted octanol–water partition coefficient (Wildman–Crippen LogP) is 4.63. The summed E-state index contributed by atoms with van der Waals surface area (Å²) in [6.07, 6.45) is 3.99. The number of aromatic nitrogens is 2. The Labute approximate surface area is 187 Å². The Morgan fingerprint density at radius 1 is 1.06 bits per heavy atom. The molecule has 1 aliphatic carbocycles. The molecule has 1 heterocycles. The number of amides is 2. The molecule has 3 aromatic rings. The van der Waals surface area contributed by atoms with Crippen molar-refractivity contribution in [3.63, 3.8) is 0 Å². The minimum Gasteiger partial charge on any atom is -0.362 e. The number of anilines is 3. The third-order valence-corrected chi connectivity index (χ3v) is 5.82. The number of benzene rings is 2. The molecule has 1 aromatic heterocycles. The van der Waals surface area contributed by atoms with E-state index >= 15 is 0 Å². The molecule has 0 radical (unpaired) electrons. The summed E-state index contributed by atoms with van der Waals surface area (Å²) in [5.41, 5.74) is 1.37. The van der Waals surface area contributed by atoms with E-state index in [2.05, 4.69) is 16.0 Å². The fraction of sp³-hybridized carbons (Fsp3) is 0.375. The van der Waals surface area contributed by atoms with Gasteiger partial charge in [0.25, 0.3) is 0 Å². The number of para-hydroxylation sites is 1. The SMILES string of the molecule is CN(C)c1nc(N[C@H]2CC[C@@H](CNC(=O)Nc3cccc(F)c3)CC2)nc2ccccc12. The van der Waals surface area contributed by atoms with Crippen molar-refractivity contribution in [2.75, 3.05) is 36.2 Å². The molecule has 0 saturated heterocycles. The van der Waals surface area contributed by atoms with Crippen molar-refractivity contribution < 1.29 is 9.18 Å². The van der Waals surface area contributed by atoms with Gasteiger partial charge < -0.3 is 20.9 Å². The lowest BCUT2D eigenvalue weighted by atomic mass is 9.86. The van der Waals surface area contributed by atoms with Gasteiger partial charge in [0.05, 0.1) is 5.52 Å². The summed E-state index contributed by atoms with van der Waals surface area (Å²) >= 11 is 0. The average Bonchev–Trinajstić information content (AvgIpc) is 2.78. The van der Waals surface area contributed by atoms with Crippen molar-refractivity contribution >= 4 is 34.4 Å². The van der Waals surface area contributed by atoms with Gasteiger partial charge in [-0.05, 0) is 61.9 Å². The van der Waals surface area contributed by atoms with Crippen LogP contribution in [0.5, 0.6) is 0 Å². The number of nitrogens with one attached hydrogen (secondary N) is 3. The Bertz CT molecular complexity index is 1080. The zero-order valence-electron chi connectivity index (χ0n) is 18.4. The van der Waals surface area contributed by atoms with Crippen LogP contribution < -0.4 is 20.9 Å². The van der Waals surface area contributed by atoms with E-state index in [1.807, 2.05) is 43.3 Å². The van der Waals surface area contributed by atoms with E-state index < -0.39 is 0 Å². The number of rotatable bonds is 6.